The molecule has 0 aliphatic carbocycles. The Morgan fingerprint density at radius 2 is 1.86 bits per heavy atom. The molecule has 1 aromatic carbocycles. The number of piperidine rings is 1. The molecule has 3 aliphatic heterocycles. The summed E-state index contributed by atoms with van der Waals surface area (Å²) in [7, 11) is 1.56. The number of benzene rings is 1. The maximum absolute atomic E-state index is 13.0. The summed E-state index contributed by atoms with van der Waals surface area (Å²) in [6.07, 6.45) is 1.09. The molecule has 12 nitrogen and oxygen atoms in total. The number of aromatic nitrogens is 1. The van der Waals surface area contributed by atoms with Gasteiger partial charge in [0.15, 0.2) is 0 Å². The van der Waals surface area contributed by atoms with Gasteiger partial charge in [0, 0.05) is 43.7 Å². The predicted molar refractivity (Wildman–Crippen MR) is 130 cm³/mol. The highest BCUT2D eigenvalue weighted by atomic mass is 16.6. The van der Waals surface area contributed by atoms with Gasteiger partial charge in [0.25, 0.3) is 5.91 Å². The monoisotopic (exact) mass is 509 g/mol. The molecule has 2 aromatic rings. The molecule has 3 aliphatic rings. The van der Waals surface area contributed by atoms with E-state index in [1.165, 1.54) is 10.6 Å². The number of nitro groups is 1. The molecule has 4 heterocycles. The molecular weight excluding hydrogens is 482 g/mol. The predicted octanol–water partition coefficient (Wildman–Crippen LogP) is 1.61. The fourth-order valence-electron chi connectivity index (χ4n) is 5.54. The van der Waals surface area contributed by atoms with Gasteiger partial charge in [0.2, 0.25) is 5.91 Å². The van der Waals surface area contributed by atoms with E-state index in [0.29, 0.717) is 31.1 Å². The van der Waals surface area contributed by atoms with E-state index in [1.807, 2.05) is 0 Å². The molecule has 2 fully saturated rings. The average molecular weight is 510 g/mol. The first-order valence-corrected chi connectivity index (χ1v) is 12.2. The van der Waals surface area contributed by atoms with Gasteiger partial charge in [-0.2, -0.15) is 0 Å². The Kier molecular flexibility index (Phi) is 6.40. The third-order valence-electron chi connectivity index (χ3n) is 7.39. The van der Waals surface area contributed by atoms with Gasteiger partial charge in [0.05, 0.1) is 18.6 Å². The van der Waals surface area contributed by atoms with Crippen LogP contribution in [0.5, 0.6) is 5.75 Å². The lowest BCUT2D eigenvalue weighted by Gasteiger charge is -2.42. The molecule has 12 heteroatoms. The molecule has 2 bridgehead atoms. The van der Waals surface area contributed by atoms with Crippen LogP contribution in [0.2, 0.25) is 0 Å². The number of amides is 4. The first-order chi connectivity index (χ1) is 17.7. The standard InChI is InChI=1S/C25H27N5O7/c1-37-18-4-2-15(3-5-18)12-29-23(32)19(26-25(29)34)6-9-22(31)27-11-16-10-17(14-27)20-7-8-21(30(35)36)24(33)28(20)13-16/h2-5,7-8,16-17,19H,6,9-14H2,1H3,(H,26,34)/t16?,17?,19-/m0/s1. The van der Waals surface area contributed by atoms with Gasteiger partial charge in [0.1, 0.15) is 11.8 Å². The number of ether oxygens (including phenoxy) is 1. The average Bonchev–Trinajstić information content (AvgIpc) is 3.15. The van der Waals surface area contributed by atoms with Crippen molar-refractivity contribution in [2.45, 2.75) is 44.3 Å². The van der Waals surface area contributed by atoms with Crippen molar-refractivity contribution in [1.29, 1.82) is 0 Å². The molecule has 4 amide bonds. The summed E-state index contributed by atoms with van der Waals surface area (Å²) in [5.41, 5.74) is 0.440. The van der Waals surface area contributed by atoms with E-state index in [1.54, 1.807) is 42.3 Å². The Morgan fingerprint density at radius 3 is 2.57 bits per heavy atom. The molecule has 3 atom stereocenters. The number of rotatable bonds is 7. The van der Waals surface area contributed by atoms with Gasteiger partial charge in [-0.3, -0.25) is 29.4 Å². The van der Waals surface area contributed by atoms with Crippen molar-refractivity contribution in [2.24, 2.45) is 5.92 Å². The zero-order valence-electron chi connectivity index (χ0n) is 20.3. The second-order valence-electron chi connectivity index (χ2n) is 9.73. The van der Waals surface area contributed by atoms with Crippen LogP contribution < -0.4 is 15.6 Å². The van der Waals surface area contributed by atoms with E-state index < -0.39 is 28.2 Å². The second-order valence-corrected chi connectivity index (χ2v) is 9.73. The van der Waals surface area contributed by atoms with Crippen LogP contribution in [0.25, 0.3) is 0 Å². The third kappa shape index (κ3) is 4.66. The largest absolute Gasteiger partial charge is 0.497 e. The molecule has 0 saturated carbocycles. The summed E-state index contributed by atoms with van der Waals surface area (Å²) in [5.74, 6) is 0.124. The van der Waals surface area contributed by atoms with Crippen LogP contribution in [-0.2, 0) is 22.7 Å². The Morgan fingerprint density at radius 1 is 1.11 bits per heavy atom. The minimum atomic E-state index is -0.765. The normalized spacial score (nSPS) is 22.5. The molecule has 2 unspecified atom stereocenters. The van der Waals surface area contributed by atoms with Crippen LogP contribution in [0.1, 0.15) is 36.4 Å². The zero-order chi connectivity index (χ0) is 26.3. The number of likely N-dealkylation sites (tertiary alicyclic amines) is 1. The fourth-order valence-corrected chi connectivity index (χ4v) is 5.54. The number of fused-ring (bicyclic) bond motifs is 4. The highest BCUT2D eigenvalue weighted by Crippen LogP contribution is 2.36. The number of pyridine rings is 1. The molecule has 1 aromatic heterocycles. The van der Waals surface area contributed by atoms with Crippen molar-refractivity contribution >= 4 is 23.5 Å². The SMILES string of the molecule is COc1ccc(CN2C(=O)N[C@@H](CCC(=O)N3CC4CC(C3)c3ccc([N+](=O)[O-])c(=O)n3C4)C2=O)cc1. The molecule has 194 valence electrons. The third-order valence-corrected chi connectivity index (χ3v) is 7.39. The maximum atomic E-state index is 13.0. The van der Waals surface area contributed by atoms with E-state index in [2.05, 4.69) is 5.32 Å². The molecule has 0 radical (unpaired) electrons. The number of hydrogen-bond acceptors (Lipinski definition) is 7. The summed E-state index contributed by atoms with van der Waals surface area (Å²) in [6, 6.07) is 8.68. The van der Waals surface area contributed by atoms with Crippen molar-refractivity contribution in [3.05, 3.63) is 68.1 Å². The highest BCUT2D eigenvalue weighted by molar-refractivity contribution is 6.04. The summed E-state index contributed by atoms with van der Waals surface area (Å²) >= 11 is 0. The number of nitrogens with zero attached hydrogens (tertiary/aromatic N) is 4. The van der Waals surface area contributed by atoms with Crippen molar-refractivity contribution in [3.63, 3.8) is 0 Å². The Hall–Kier alpha value is -4.22. The van der Waals surface area contributed by atoms with Crippen LogP contribution >= 0.6 is 0 Å². The first-order valence-electron chi connectivity index (χ1n) is 12.2. The van der Waals surface area contributed by atoms with E-state index in [-0.39, 0.29) is 43.0 Å². The lowest BCUT2D eigenvalue weighted by Crippen LogP contribution is -2.49. The number of methoxy groups -OCH3 is 1. The molecule has 0 spiro atoms. The Bertz CT molecular complexity index is 1320. The number of imide groups is 1. The summed E-state index contributed by atoms with van der Waals surface area (Å²) in [4.78, 5) is 64.2. The van der Waals surface area contributed by atoms with Crippen molar-refractivity contribution in [1.82, 2.24) is 19.7 Å². The number of nitrogens with one attached hydrogen (secondary N) is 1. The van der Waals surface area contributed by atoms with E-state index in [0.717, 1.165) is 16.9 Å². The van der Waals surface area contributed by atoms with Gasteiger partial charge in [-0.25, -0.2) is 4.79 Å². The molecule has 1 N–H and O–H groups in total. The first kappa shape index (κ1) is 24.5. The van der Waals surface area contributed by atoms with E-state index >= 15 is 0 Å². The summed E-state index contributed by atoms with van der Waals surface area (Å²) in [5, 5.41) is 13.8. The van der Waals surface area contributed by atoms with Crippen molar-refractivity contribution in [2.75, 3.05) is 20.2 Å². The van der Waals surface area contributed by atoms with Crippen LogP contribution in [0.4, 0.5) is 10.5 Å². The summed E-state index contributed by atoms with van der Waals surface area (Å²) in [6.45, 7) is 1.30. The highest BCUT2D eigenvalue weighted by Gasteiger charge is 2.40. The van der Waals surface area contributed by atoms with Crippen LogP contribution in [0.3, 0.4) is 0 Å². The summed E-state index contributed by atoms with van der Waals surface area (Å²) < 4.78 is 6.60. The minimum Gasteiger partial charge on any atom is -0.497 e. The number of urea groups is 1. The van der Waals surface area contributed by atoms with Gasteiger partial charge < -0.3 is 19.5 Å². The Labute approximate surface area is 211 Å². The van der Waals surface area contributed by atoms with Crippen LogP contribution in [0, 0.1) is 16.0 Å². The Balaban J connectivity index is 1.19. The minimum absolute atomic E-state index is 0.0164. The number of carbonyl (C=O) groups excluding carboxylic acids is 3. The van der Waals surface area contributed by atoms with Crippen LogP contribution in [-0.4, -0.2) is 63.4 Å². The number of carbonyl (C=O) groups is 3. The van der Waals surface area contributed by atoms with E-state index in [9.17, 15) is 29.3 Å². The van der Waals surface area contributed by atoms with Gasteiger partial charge in [-0.15, -0.1) is 0 Å². The van der Waals surface area contributed by atoms with E-state index in [4.69, 9.17) is 4.74 Å². The van der Waals surface area contributed by atoms with Crippen molar-refractivity contribution in [3.8, 4) is 5.75 Å². The molecule has 5 rings (SSSR count). The van der Waals surface area contributed by atoms with Gasteiger partial charge >= 0.3 is 17.3 Å². The fraction of sp³-hybridized carbons (Fsp3) is 0.440. The van der Waals surface area contributed by atoms with Crippen molar-refractivity contribution < 1.29 is 24.0 Å². The quantitative estimate of drug-likeness (QED) is 0.339. The zero-order valence-corrected chi connectivity index (χ0v) is 20.3. The lowest BCUT2D eigenvalue weighted by atomic mass is 9.83. The van der Waals surface area contributed by atoms with Crippen LogP contribution in [0.15, 0.2) is 41.2 Å². The smallest absolute Gasteiger partial charge is 0.334 e. The molecule has 37 heavy (non-hydrogen) atoms. The number of hydrogen-bond donors (Lipinski definition) is 1. The second kappa shape index (κ2) is 9.68. The van der Waals surface area contributed by atoms with Gasteiger partial charge in [-0.1, -0.05) is 12.1 Å². The molecular formula is C25H27N5O7. The topological polar surface area (TPSA) is 144 Å². The maximum Gasteiger partial charge on any atom is 0.334 e. The lowest BCUT2D eigenvalue weighted by molar-refractivity contribution is -0.386. The van der Waals surface area contributed by atoms with Gasteiger partial charge in [-0.05, 0) is 42.5 Å². The molecule has 2 saturated heterocycles.